The molecular formula is C12H14O2. The Labute approximate surface area is 83.6 Å². The summed E-state index contributed by atoms with van der Waals surface area (Å²) in [5.41, 5.74) is 2.59. The zero-order valence-corrected chi connectivity index (χ0v) is 8.07. The lowest BCUT2D eigenvalue weighted by atomic mass is 9.81. The first kappa shape index (κ1) is 9.25. The van der Waals surface area contributed by atoms with Crippen LogP contribution in [0.5, 0.6) is 0 Å². The summed E-state index contributed by atoms with van der Waals surface area (Å²) in [5.74, 6) is -0.454. The predicted octanol–water partition coefficient (Wildman–Crippen LogP) is 2.58. The van der Waals surface area contributed by atoms with Crippen molar-refractivity contribution in [3.05, 3.63) is 35.4 Å². The van der Waals surface area contributed by atoms with E-state index < -0.39 is 5.97 Å². The van der Waals surface area contributed by atoms with Gasteiger partial charge in [-0.05, 0) is 36.3 Å². The first-order valence-corrected chi connectivity index (χ1v) is 5.07. The van der Waals surface area contributed by atoms with Crippen molar-refractivity contribution in [3.63, 3.8) is 0 Å². The fourth-order valence-electron chi connectivity index (χ4n) is 2.28. The maximum Gasteiger partial charge on any atom is 0.303 e. The number of carbonyl (C=O) groups is 1. The van der Waals surface area contributed by atoms with Gasteiger partial charge in [0.25, 0.3) is 0 Å². The first-order valence-electron chi connectivity index (χ1n) is 5.07. The Balaban J connectivity index is 2.26. The largest absolute Gasteiger partial charge is 0.481 e. The van der Waals surface area contributed by atoms with Gasteiger partial charge in [0.1, 0.15) is 0 Å². The van der Waals surface area contributed by atoms with E-state index in [-0.39, 0.29) is 12.3 Å². The number of fused-ring (bicyclic) bond motifs is 1. The van der Waals surface area contributed by atoms with E-state index in [0.29, 0.717) is 0 Å². The number of rotatable bonds is 2. The molecule has 2 nitrogen and oxygen atoms in total. The lowest BCUT2D eigenvalue weighted by Crippen LogP contribution is -2.13. The lowest BCUT2D eigenvalue weighted by molar-refractivity contribution is -0.137. The summed E-state index contributed by atoms with van der Waals surface area (Å²) in [6, 6.07) is 8.21. The van der Waals surface area contributed by atoms with Gasteiger partial charge in [0, 0.05) is 0 Å². The SMILES string of the molecule is O=C(O)C[C@@H]1CCCc2ccccc21. The highest BCUT2D eigenvalue weighted by Gasteiger charge is 2.21. The van der Waals surface area contributed by atoms with Crippen molar-refractivity contribution in [2.45, 2.75) is 31.6 Å². The molecule has 0 radical (unpaired) electrons. The average Bonchev–Trinajstić information content (AvgIpc) is 2.18. The van der Waals surface area contributed by atoms with E-state index in [1.54, 1.807) is 0 Å². The van der Waals surface area contributed by atoms with Crippen LogP contribution in [0.3, 0.4) is 0 Å². The molecule has 0 heterocycles. The second-order valence-electron chi connectivity index (χ2n) is 3.89. The Hall–Kier alpha value is -1.31. The van der Waals surface area contributed by atoms with Crippen LogP contribution in [0.2, 0.25) is 0 Å². The smallest absolute Gasteiger partial charge is 0.303 e. The maximum atomic E-state index is 10.7. The molecule has 1 aromatic carbocycles. The van der Waals surface area contributed by atoms with E-state index in [1.807, 2.05) is 12.1 Å². The van der Waals surface area contributed by atoms with E-state index in [4.69, 9.17) is 5.11 Å². The van der Waals surface area contributed by atoms with Crippen molar-refractivity contribution < 1.29 is 9.90 Å². The third-order valence-electron chi connectivity index (χ3n) is 2.91. The van der Waals surface area contributed by atoms with Crippen LogP contribution in [0.25, 0.3) is 0 Å². The number of carboxylic acid groups (broad SMARTS) is 1. The average molecular weight is 190 g/mol. The topological polar surface area (TPSA) is 37.3 Å². The molecule has 0 unspecified atom stereocenters. The second kappa shape index (κ2) is 3.82. The zero-order chi connectivity index (χ0) is 9.97. The van der Waals surface area contributed by atoms with Gasteiger partial charge in [-0.25, -0.2) is 0 Å². The Morgan fingerprint density at radius 1 is 1.43 bits per heavy atom. The standard InChI is InChI=1S/C12H14O2/c13-12(14)8-10-6-3-5-9-4-1-2-7-11(9)10/h1-2,4,7,10H,3,5-6,8H2,(H,13,14)/t10-/m0/s1. The summed E-state index contributed by atoms with van der Waals surface area (Å²) in [6.45, 7) is 0. The van der Waals surface area contributed by atoms with Gasteiger partial charge in [-0.3, -0.25) is 4.79 Å². The molecule has 0 fully saturated rings. The highest BCUT2D eigenvalue weighted by molar-refractivity contribution is 5.68. The fraction of sp³-hybridized carbons (Fsp3) is 0.417. The summed E-state index contributed by atoms with van der Waals surface area (Å²) in [7, 11) is 0. The number of aliphatic carboxylic acids is 1. The quantitative estimate of drug-likeness (QED) is 0.778. The van der Waals surface area contributed by atoms with Gasteiger partial charge >= 0.3 is 5.97 Å². The molecule has 0 saturated heterocycles. The Morgan fingerprint density at radius 3 is 3.00 bits per heavy atom. The molecular weight excluding hydrogens is 176 g/mol. The summed E-state index contributed by atoms with van der Waals surface area (Å²) < 4.78 is 0. The van der Waals surface area contributed by atoms with Crippen molar-refractivity contribution in [1.82, 2.24) is 0 Å². The lowest BCUT2D eigenvalue weighted by Gasteiger charge is -2.23. The minimum Gasteiger partial charge on any atom is -0.481 e. The van der Waals surface area contributed by atoms with Gasteiger partial charge in [-0.1, -0.05) is 24.3 Å². The van der Waals surface area contributed by atoms with E-state index in [1.165, 1.54) is 11.1 Å². The number of aryl methyl sites for hydroxylation is 1. The monoisotopic (exact) mass is 190 g/mol. The molecule has 0 bridgehead atoms. The van der Waals surface area contributed by atoms with Crippen LogP contribution in [-0.2, 0) is 11.2 Å². The minimum absolute atomic E-state index is 0.234. The molecule has 1 aliphatic rings. The number of carboxylic acids is 1. The van der Waals surface area contributed by atoms with Crippen molar-refractivity contribution in [3.8, 4) is 0 Å². The van der Waals surface area contributed by atoms with Crippen molar-refractivity contribution in [2.24, 2.45) is 0 Å². The predicted molar refractivity (Wildman–Crippen MR) is 54.4 cm³/mol. The van der Waals surface area contributed by atoms with Crippen LogP contribution >= 0.6 is 0 Å². The van der Waals surface area contributed by atoms with Crippen molar-refractivity contribution in [2.75, 3.05) is 0 Å². The number of hydrogen-bond acceptors (Lipinski definition) is 1. The van der Waals surface area contributed by atoms with Crippen LogP contribution in [0.4, 0.5) is 0 Å². The van der Waals surface area contributed by atoms with Gasteiger partial charge in [-0.15, -0.1) is 0 Å². The molecule has 1 aliphatic carbocycles. The third kappa shape index (κ3) is 1.79. The normalized spacial score (nSPS) is 20.1. The maximum absolute atomic E-state index is 10.7. The van der Waals surface area contributed by atoms with Crippen LogP contribution in [0.1, 0.15) is 36.3 Å². The molecule has 14 heavy (non-hydrogen) atoms. The Kier molecular flexibility index (Phi) is 2.53. The van der Waals surface area contributed by atoms with Gasteiger partial charge in [-0.2, -0.15) is 0 Å². The summed E-state index contributed by atoms with van der Waals surface area (Å²) in [6.07, 6.45) is 3.52. The van der Waals surface area contributed by atoms with Gasteiger partial charge < -0.3 is 5.11 Å². The van der Waals surface area contributed by atoms with E-state index >= 15 is 0 Å². The molecule has 0 aliphatic heterocycles. The molecule has 0 spiro atoms. The molecule has 2 heteroatoms. The molecule has 74 valence electrons. The van der Waals surface area contributed by atoms with Crippen LogP contribution < -0.4 is 0 Å². The molecule has 1 atom stereocenters. The first-order chi connectivity index (χ1) is 6.77. The van der Waals surface area contributed by atoms with Crippen LogP contribution in [-0.4, -0.2) is 11.1 Å². The van der Waals surface area contributed by atoms with E-state index in [0.717, 1.165) is 19.3 Å². The molecule has 1 N–H and O–H groups in total. The fourth-order valence-corrected chi connectivity index (χ4v) is 2.28. The number of benzene rings is 1. The Morgan fingerprint density at radius 2 is 2.21 bits per heavy atom. The zero-order valence-electron chi connectivity index (χ0n) is 8.07. The molecule has 0 aromatic heterocycles. The van der Waals surface area contributed by atoms with Crippen molar-refractivity contribution >= 4 is 5.97 Å². The highest BCUT2D eigenvalue weighted by atomic mass is 16.4. The molecule has 1 aromatic rings. The van der Waals surface area contributed by atoms with Crippen molar-refractivity contribution in [1.29, 1.82) is 0 Å². The molecule has 0 saturated carbocycles. The van der Waals surface area contributed by atoms with Gasteiger partial charge in [0.15, 0.2) is 0 Å². The van der Waals surface area contributed by atoms with Crippen LogP contribution in [0.15, 0.2) is 24.3 Å². The van der Waals surface area contributed by atoms with Crippen LogP contribution in [0, 0.1) is 0 Å². The van der Waals surface area contributed by atoms with Gasteiger partial charge in [0.05, 0.1) is 6.42 Å². The third-order valence-corrected chi connectivity index (χ3v) is 2.91. The summed E-state index contributed by atoms with van der Waals surface area (Å²) >= 11 is 0. The second-order valence-corrected chi connectivity index (χ2v) is 3.89. The van der Waals surface area contributed by atoms with E-state index in [9.17, 15) is 4.79 Å². The van der Waals surface area contributed by atoms with E-state index in [2.05, 4.69) is 12.1 Å². The summed E-state index contributed by atoms with van der Waals surface area (Å²) in [5, 5.41) is 8.79. The number of hydrogen-bond donors (Lipinski definition) is 1. The van der Waals surface area contributed by atoms with Gasteiger partial charge in [0.2, 0.25) is 0 Å². The molecule has 0 amide bonds. The Bertz CT molecular complexity index is 344. The molecule has 2 rings (SSSR count). The highest BCUT2D eigenvalue weighted by Crippen LogP contribution is 2.33. The minimum atomic E-state index is -0.688. The summed E-state index contributed by atoms with van der Waals surface area (Å²) in [4.78, 5) is 10.7.